The standard InChI is InChI=1S/C31H32N4O/c1-31(2,3)26-16-14-25(15-17-26)29-33-27(22-32)30(36-29)35-20-18-34(19-21-35)28(23-10-6-4-7-11-23)24-12-8-5-9-13-24/h4-17,28H,18-21H2,1-3H3. The Bertz CT molecular complexity index is 1280. The molecule has 4 aromatic rings. The molecule has 0 atom stereocenters. The quantitative estimate of drug-likeness (QED) is 0.333. The lowest BCUT2D eigenvalue weighted by atomic mass is 9.87. The van der Waals surface area contributed by atoms with E-state index in [0.717, 1.165) is 31.7 Å². The van der Waals surface area contributed by atoms with Crippen molar-refractivity contribution in [3.63, 3.8) is 0 Å². The van der Waals surface area contributed by atoms with Crippen LogP contribution in [0.25, 0.3) is 11.5 Å². The molecule has 36 heavy (non-hydrogen) atoms. The first-order chi connectivity index (χ1) is 17.4. The lowest BCUT2D eigenvalue weighted by molar-refractivity contribution is 0.209. The summed E-state index contributed by atoms with van der Waals surface area (Å²) in [6, 6.07) is 32.0. The van der Waals surface area contributed by atoms with Crippen LogP contribution in [-0.4, -0.2) is 36.1 Å². The number of nitrogens with zero attached hydrogens (tertiary/aromatic N) is 4. The Morgan fingerprint density at radius 3 is 1.86 bits per heavy atom. The first kappa shape index (κ1) is 23.8. The van der Waals surface area contributed by atoms with E-state index < -0.39 is 0 Å². The Morgan fingerprint density at radius 2 is 1.36 bits per heavy atom. The Balaban J connectivity index is 1.35. The zero-order valence-corrected chi connectivity index (χ0v) is 21.2. The maximum Gasteiger partial charge on any atom is 0.235 e. The van der Waals surface area contributed by atoms with Gasteiger partial charge in [0.15, 0.2) is 0 Å². The third-order valence-electron chi connectivity index (χ3n) is 6.91. The molecule has 1 fully saturated rings. The molecular weight excluding hydrogens is 444 g/mol. The number of hydrogen-bond acceptors (Lipinski definition) is 5. The third-order valence-corrected chi connectivity index (χ3v) is 6.91. The minimum atomic E-state index is 0.0785. The zero-order chi connectivity index (χ0) is 25.1. The first-order valence-electron chi connectivity index (χ1n) is 12.5. The molecule has 1 aliphatic heterocycles. The summed E-state index contributed by atoms with van der Waals surface area (Å²) >= 11 is 0. The lowest BCUT2D eigenvalue weighted by Crippen LogP contribution is -2.48. The fraction of sp³-hybridized carbons (Fsp3) is 0.290. The van der Waals surface area contributed by atoms with Crippen LogP contribution in [0.5, 0.6) is 0 Å². The molecule has 1 aromatic heterocycles. The average Bonchev–Trinajstić information content (AvgIpc) is 3.35. The number of nitriles is 1. The van der Waals surface area contributed by atoms with E-state index in [9.17, 15) is 5.26 Å². The van der Waals surface area contributed by atoms with Crippen LogP contribution < -0.4 is 4.90 Å². The van der Waals surface area contributed by atoms with Crippen molar-refractivity contribution in [3.05, 3.63) is 107 Å². The van der Waals surface area contributed by atoms with Crippen molar-refractivity contribution in [1.29, 1.82) is 5.26 Å². The maximum absolute atomic E-state index is 9.79. The van der Waals surface area contributed by atoms with Gasteiger partial charge in [-0.25, -0.2) is 0 Å². The maximum atomic E-state index is 9.79. The molecular formula is C31H32N4O. The van der Waals surface area contributed by atoms with E-state index in [2.05, 4.69) is 114 Å². The monoisotopic (exact) mass is 476 g/mol. The molecule has 5 rings (SSSR count). The first-order valence-corrected chi connectivity index (χ1v) is 12.5. The molecule has 0 N–H and O–H groups in total. The van der Waals surface area contributed by atoms with E-state index in [1.54, 1.807) is 0 Å². The van der Waals surface area contributed by atoms with Crippen LogP contribution in [0.15, 0.2) is 89.3 Å². The van der Waals surface area contributed by atoms with Gasteiger partial charge in [0.25, 0.3) is 0 Å². The van der Waals surface area contributed by atoms with Gasteiger partial charge in [0.2, 0.25) is 17.5 Å². The normalized spacial score (nSPS) is 14.7. The van der Waals surface area contributed by atoms with E-state index in [1.165, 1.54) is 16.7 Å². The molecule has 5 heteroatoms. The fourth-order valence-electron chi connectivity index (χ4n) is 4.90. The number of benzene rings is 3. The van der Waals surface area contributed by atoms with E-state index in [4.69, 9.17) is 4.42 Å². The predicted octanol–water partition coefficient (Wildman–Crippen LogP) is 6.42. The molecule has 1 saturated heterocycles. The molecule has 0 radical (unpaired) electrons. The molecule has 5 nitrogen and oxygen atoms in total. The summed E-state index contributed by atoms with van der Waals surface area (Å²) in [6.45, 7) is 9.83. The summed E-state index contributed by atoms with van der Waals surface area (Å²) in [5.74, 6) is 1.07. The molecule has 182 valence electrons. The Morgan fingerprint density at radius 1 is 0.806 bits per heavy atom. The highest BCUT2D eigenvalue weighted by Crippen LogP contribution is 2.33. The van der Waals surface area contributed by atoms with Crippen molar-refractivity contribution in [2.75, 3.05) is 31.1 Å². The van der Waals surface area contributed by atoms with Crippen molar-refractivity contribution in [3.8, 4) is 17.5 Å². The smallest absolute Gasteiger partial charge is 0.235 e. The van der Waals surface area contributed by atoms with Gasteiger partial charge in [-0.05, 0) is 34.2 Å². The van der Waals surface area contributed by atoms with Gasteiger partial charge >= 0.3 is 0 Å². The van der Waals surface area contributed by atoms with E-state index in [1.807, 2.05) is 12.1 Å². The van der Waals surface area contributed by atoms with Crippen LogP contribution in [-0.2, 0) is 5.41 Å². The number of hydrogen-bond donors (Lipinski definition) is 0. The van der Waals surface area contributed by atoms with Gasteiger partial charge < -0.3 is 9.32 Å². The van der Waals surface area contributed by atoms with Crippen molar-refractivity contribution in [1.82, 2.24) is 9.88 Å². The van der Waals surface area contributed by atoms with E-state index in [-0.39, 0.29) is 11.5 Å². The van der Waals surface area contributed by atoms with Gasteiger partial charge in [0.05, 0.1) is 6.04 Å². The second-order valence-electron chi connectivity index (χ2n) is 10.4. The second-order valence-corrected chi connectivity index (χ2v) is 10.4. The van der Waals surface area contributed by atoms with Crippen molar-refractivity contribution in [2.24, 2.45) is 0 Å². The number of piperazine rings is 1. The highest BCUT2D eigenvalue weighted by molar-refractivity contribution is 5.60. The van der Waals surface area contributed by atoms with Crippen molar-refractivity contribution >= 4 is 5.88 Å². The minimum absolute atomic E-state index is 0.0785. The molecule has 0 unspecified atom stereocenters. The molecule has 2 heterocycles. The molecule has 0 spiro atoms. The van der Waals surface area contributed by atoms with E-state index in [0.29, 0.717) is 17.5 Å². The minimum Gasteiger partial charge on any atom is -0.419 e. The second kappa shape index (κ2) is 10.0. The summed E-state index contributed by atoms with van der Waals surface area (Å²) in [7, 11) is 0. The molecule has 0 amide bonds. The van der Waals surface area contributed by atoms with Gasteiger partial charge in [0, 0.05) is 31.7 Å². The van der Waals surface area contributed by atoms with Crippen LogP contribution in [0.4, 0.5) is 5.88 Å². The van der Waals surface area contributed by atoms with Gasteiger partial charge in [-0.2, -0.15) is 10.2 Å². The number of rotatable bonds is 5. The lowest BCUT2D eigenvalue weighted by Gasteiger charge is -2.39. The topological polar surface area (TPSA) is 56.3 Å². The van der Waals surface area contributed by atoms with Gasteiger partial charge in [-0.15, -0.1) is 0 Å². The van der Waals surface area contributed by atoms with Gasteiger partial charge in [0.1, 0.15) is 6.07 Å². The van der Waals surface area contributed by atoms with Crippen molar-refractivity contribution < 1.29 is 4.42 Å². The predicted molar refractivity (Wildman–Crippen MR) is 144 cm³/mol. The SMILES string of the molecule is CC(C)(C)c1ccc(-c2nc(C#N)c(N3CCN(C(c4ccccc4)c4ccccc4)CC3)o2)cc1. The Hall–Kier alpha value is -3.88. The Labute approximate surface area is 213 Å². The summed E-state index contributed by atoms with van der Waals surface area (Å²) < 4.78 is 6.20. The van der Waals surface area contributed by atoms with E-state index >= 15 is 0 Å². The molecule has 0 saturated carbocycles. The average molecular weight is 477 g/mol. The number of oxazole rings is 1. The zero-order valence-electron chi connectivity index (χ0n) is 21.2. The Kier molecular flexibility index (Phi) is 6.63. The van der Waals surface area contributed by atoms with Crippen LogP contribution in [0, 0.1) is 11.3 Å². The highest BCUT2D eigenvalue weighted by atomic mass is 16.4. The number of aromatic nitrogens is 1. The van der Waals surface area contributed by atoms with Gasteiger partial charge in [-0.3, -0.25) is 4.90 Å². The number of anilines is 1. The molecule has 3 aromatic carbocycles. The van der Waals surface area contributed by atoms with Crippen molar-refractivity contribution in [2.45, 2.75) is 32.2 Å². The highest BCUT2D eigenvalue weighted by Gasteiger charge is 2.29. The fourth-order valence-corrected chi connectivity index (χ4v) is 4.90. The molecule has 1 aliphatic rings. The van der Waals surface area contributed by atoms with Gasteiger partial charge in [-0.1, -0.05) is 93.6 Å². The summed E-state index contributed by atoms with van der Waals surface area (Å²) in [4.78, 5) is 9.20. The van der Waals surface area contributed by atoms with Crippen LogP contribution in [0.1, 0.15) is 49.2 Å². The third kappa shape index (κ3) is 4.91. The molecule has 0 aliphatic carbocycles. The van der Waals surface area contributed by atoms with Crippen LogP contribution in [0.3, 0.4) is 0 Å². The molecule has 0 bridgehead atoms. The van der Waals surface area contributed by atoms with Crippen LogP contribution in [0.2, 0.25) is 0 Å². The summed E-state index contributed by atoms with van der Waals surface area (Å²) in [5.41, 5.74) is 5.14. The summed E-state index contributed by atoms with van der Waals surface area (Å²) in [6.07, 6.45) is 0. The largest absolute Gasteiger partial charge is 0.419 e. The van der Waals surface area contributed by atoms with Crippen LogP contribution >= 0.6 is 0 Å². The summed E-state index contributed by atoms with van der Waals surface area (Å²) in [5, 5.41) is 9.79.